The average Bonchev–Trinajstić information content (AvgIpc) is 3.41. The maximum atomic E-state index is 13.0. The second-order valence-corrected chi connectivity index (χ2v) is 8.08. The highest BCUT2D eigenvalue weighted by atomic mass is 16.5. The maximum Gasteiger partial charge on any atom is 0.240 e. The maximum absolute atomic E-state index is 13.0. The normalized spacial score (nSPS) is 21.1. The zero-order valence-corrected chi connectivity index (χ0v) is 16.7. The molecule has 6 nitrogen and oxygen atoms in total. The molecule has 3 aromatic rings. The quantitative estimate of drug-likeness (QED) is 0.700. The van der Waals surface area contributed by atoms with Gasteiger partial charge in [-0.1, -0.05) is 65.8 Å². The number of nitrogens with zero attached hydrogens (tertiary/aromatic N) is 2. The number of aliphatic hydroxyl groups is 1. The van der Waals surface area contributed by atoms with E-state index in [1.165, 1.54) is 0 Å². The van der Waals surface area contributed by atoms with E-state index in [2.05, 4.69) is 34.7 Å². The smallest absolute Gasteiger partial charge is 0.240 e. The van der Waals surface area contributed by atoms with Crippen LogP contribution in [0.25, 0.3) is 0 Å². The largest absolute Gasteiger partial charge is 0.392 e. The Bertz CT molecular complexity index is 979. The summed E-state index contributed by atoms with van der Waals surface area (Å²) in [6, 6.07) is 20.3. The summed E-state index contributed by atoms with van der Waals surface area (Å²) in [5.41, 5.74) is 4.16. The molecule has 0 radical (unpaired) electrons. The lowest BCUT2D eigenvalue weighted by Crippen LogP contribution is -2.45. The van der Waals surface area contributed by atoms with Crippen molar-refractivity contribution in [2.75, 3.05) is 13.1 Å². The molecule has 2 aliphatic heterocycles. The highest BCUT2D eigenvalue weighted by molar-refractivity contribution is 5.82. The first-order valence-electron chi connectivity index (χ1n) is 10.5. The summed E-state index contributed by atoms with van der Waals surface area (Å²) in [7, 11) is 0. The Balaban J connectivity index is 1.49. The topological polar surface area (TPSA) is 78.6 Å². The van der Waals surface area contributed by atoms with Crippen LogP contribution in [-0.4, -0.2) is 46.3 Å². The Morgan fingerprint density at radius 3 is 2.37 bits per heavy atom. The number of nitrogens with one attached hydrogen (secondary N) is 1. The monoisotopic (exact) mass is 403 g/mol. The molecule has 30 heavy (non-hydrogen) atoms. The van der Waals surface area contributed by atoms with E-state index in [4.69, 9.17) is 4.52 Å². The third-order valence-corrected chi connectivity index (χ3v) is 6.11. The molecule has 0 unspecified atom stereocenters. The molecule has 0 bridgehead atoms. The summed E-state index contributed by atoms with van der Waals surface area (Å²) in [6.07, 6.45) is 0.667. The molecule has 0 saturated carbocycles. The van der Waals surface area contributed by atoms with Crippen LogP contribution >= 0.6 is 0 Å². The van der Waals surface area contributed by atoms with E-state index >= 15 is 0 Å². The SMILES string of the molecule is O=C([C@@H]1C[C@@H](O)CN1)N1CCc2onc(C(c3ccccc3)c3ccccc3)c2C1. The standard InChI is InChI=1S/C24H25N3O3/c28-18-13-20(25-14-18)24(29)27-12-11-21-19(15-27)23(26-30-21)22(16-7-3-1-4-8-16)17-9-5-2-6-10-17/h1-10,18,20,22,25,28H,11-15H2/t18-,20+/m1/s1. The molecule has 1 fully saturated rings. The number of aliphatic hydroxyl groups excluding tert-OH is 1. The van der Waals surface area contributed by atoms with Gasteiger partial charge >= 0.3 is 0 Å². The van der Waals surface area contributed by atoms with Gasteiger partial charge in [0.2, 0.25) is 5.91 Å². The van der Waals surface area contributed by atoms with Gasteiger partial charge in [-0.05, 0) is 17.5 Å². The van der Waals surface area contributed by atoms with E-state index in [-0.39, 0.29) is 17.9 Å². The molecular formula is C24H25N3O3. The molecule has 154 valence electrons. The zero-order chi connectivity index (χ0) is 20.5. The predicted molar refractivity (Wildman–Crippen MR) is 112 cm³/mol. The third kappa shape index (κ3) is 3.53. The molecule has 1 amide bonds. The lowest BCUT2D eigenvalue weighted by Gasteiger charge is -2.29. The van der Waals surface area contributed by atoms with E-state index in [1.807, 2.05) is 41.3 Å². The second-order valence-electron chi connectivity index (χ2n) is 8.08. The fourth-order valence-corrected chi connectivity index (χ4v) is 4.57. The number of hydrogen-bond donors (Lipinski definition) is 2. The Kier molecular flexibility index (Phi) is 5.11. The van der Waals surface area contributed by atoms with Crippen molar-refractivity contribution in [2.24, 2.45) is 0 Å². The third-order valence-electron chi connectivity index (χ3n) is 6.11. The highest BCUT2D eigenvalue weighted by Crippen LogP contribution is 2.36. The molecular weight excluding hydrogens is 378 g/mol. The molecule has 6 heteroatoms. The molecule has 1 saturated heterocycles. The van der Waals surface area contributed by atoms with Gasteiger partial charge in [0.25, 0.3) is 0 Å². The van der Waals surface area contributed by atoms with Crippen molar-refractivity contribution >= 4 is 5.91 Å². The first-order valence-corrected chi connectivity index (χ1v) is 10.5. The number of β-amino-alcohol motifs (C(OH)–C–C–N with tert-alkyl or cyclic N) is 1. The molecule has 2 atom stereocenters. The van der Waals surface area contributed by atoms with E-state index in [9.17, 15) is 9.90 Å². The summed E-state index contributed by atoms with van der Waals surface area (Å²) < 4.78 is 5.74. The van der Waals surface area contributed by atoms with Crippen LogP contribution in [0, 0.1) is 0 Å². The van der Waals surface area contributed by atoms with Crippen LogP contribution in [0.4, 0.5) is 0 Å². The van der Waals surface area contributed by atoms with E-state index in [0.717, 1.165) is 28.1 Å². The molecule has 1 aromatic heterocycles. The van der Waals surface area contributed by atoms with Crippen LogP contribution < -0.4 is 5.32 Å². The van der Waals surface area contributed by atoms with E-state index < -0.39 is 6.10 Å². The number of benzene rings is 2. The molecule has 0 spiro atoms. The number of amides is 1. The number of rotatable bonds is 4. The lowest BCUT2D eigenvalue weighted by atomic mass is 9.85. The van der Waals surface area contributed by atoms with Crippen molar-refractivity contribution in [3.05, 3.63) is 88.8 Å². The summed E-state index contributed by atoms with van der Waals surface area (Å²) in [4.78, 5) is 14.9. The minimum absolute atomic E-state index is 0.0420. The van der Waals surface area contributed by atoms with Crippen LogP contribution in [0.2, 0.25) is 0 Å². The Morgan fingerprint density at radius 1 is 1.10 bits per heavy atom. The molecule has 5 rings (SSSR count). The van der Waals surface area contributed by atoms with Crippen molar-refractivity contribution in [1.82, 2.24) is 15.4 Å². The van der Waals surface area contributed by atoms with E-state index in [0.29, 0.717) is 32.5 Å². The fourth-order valence-electron chi connectivity index (χ4n) is 4.57. The Morgan fingerprint density at radius 2 is 1.77 bits per heavy atom. The van der Waals surface area contributed by atoms with Crippen molar-refractivity contribution in [2.45, 2.75) is 37.5 Å². The molecule has 3 heterocycles. The second kappa shape index (κ2) is 8.05. The summed E-state index contributed by atoms with van der Waals surface area (Å²) >= 11 is 0. The Labute approximate surface area is 175 Å². The number of aromatic nitrogens is 1. The fraction of sp³-hybridized carbons (Fsp3) is 0.333. The summed E-state index contributed by atoms with van der Waals surface area (Å²) in [6.45, 7) is 1.56. The van der Waals surface area contributed by atoms with Crippen molar-refractivity contribution in [3.8, 4) is 0 Å². The first-order chi connectivity index (χ1) is 14.7. The number of hydrogen-bond acceptors (Lipinski definition) is 5. The van der Waals surface area contributed by atoms with Gasteiger partial charge in [-0.2, -0.15) is 0 Å². The lowest BCUT2D eigenvalue weighted by molar-refractivity contribution is -0.134. The minimum Gasteiger partial charge on any atom is -0.392 e. The van der Waals surface area contributed by atoms with Crippen LogP contribution in [0.15, 0.2) is 65.2 Å². The first kappa shape index (κ1) is 19.0. The van der Waals surface area contributed by atoms with Gasteiger partial charge in [-0.25, -0.2) is 0 Å². The summed E-state index contributed by atoms with van der Waals surface area (Å²) in [5, 5.41) is 17.4. The van der Waals surface area contributed by atoms with Crippen molar-refractivity contribution in [3.63, 3.8) is 0 Å². The van der Waals surface area contributed by atoms with Crippen molar-refractivity contribution < 1.29 is 14.4 Å². The Hall–Kier alpha value is -2.96. The van der Waals surface area contributed by atoms with Crippen LogP contribution in [0.1, 0.15) is 40.5 Å². The average molecular weight is 403 g/mol. The molecule has 2 N–H and O–H groups in total. The van der Waals surface area contributed by atoms with Gasteiger partial charge in [0, 0.05) is 25.1 Å². The van der Waals surface area contributed by atoms with Gasteiger partial charge in [0.05, 0.1) is 24.6 Å². The number of carbonyl (C=O) groups is 1. The minimum atomic E-state index is -0.453. The molecule has 2 aliphatic rings. The summed E-state index contributed by atoms with van der Waals surface area (Å²) in [5.74, 6) is 0.854. The predicted octanol–water partition coefficient (Wildman–Crippen LogP) is 2.46. The molecule has 0 aliphatic carbocycles. The van der Waals surface area contributed by atoms with Gasteiger partial charge in [0.15, 0.2) is 0 Å². The van der Waals surface area contributed by atoms with Gasteiger partial charge < -0.3 is 19.8 Å². The highest BCUT2D eigenvalue weighted by Gasteiger charge is 2.36. The van der Waals surface area contributed by atoms with Crippen LogP contribution in [0.5, 0.6) is 0 Å². The molecule has 2 aromatic carbocycles. The zero-order valence-electron chi connectivity index (χ0n) is 16.7. The van der Waals surface area contributed by atoms with Gasteiger partial charge in [0.1, 0.15) is 11.5 Å². The van der Waals surface area contributed by atoms with E-state index in [1.54, 1.807) is 0 Å². The van der Waals surface area contributed by atoms with Crippen LogP contribution in [-0.2, 0) is 17.8 Å². The van der Waals surface area contributed by atoms with Crippen LogP contribution in [0.3, 0.4) is 0 Å². The number of fused-ring (bicyclic) bond motifs is 1. The number of carbonyl (C=O) groups excluding carboxylic acids is 1. The van der Waals surface area contributed by atoms with Gasteiger partial charge in [-0.15, -0.1) is 0 Å². The van der Waals surface area contributed by atoms with Crippen molar-refractivity contribution in [1.29, 1.82) is 0 Å². The van der Waals surface area contributed by atoms with Gasteiger partial charge in [-0.3, -0.25) is 4.79 Å².